The highest BCUT2D eigenvalue weighted by Gasteiger charge is 2.34. The number of hydrogen-bond donors (Lipinski definition) is 1. The molecule has 4 rings (SSSR count). The van der Waals surface area contributed by atoms with Crippen molar-refractivity contribution >= 4 is 0 Å². The predicted octanol–water partition coefficient (Wildman–Crippen LogP) is 7.03. The molecule has 210 valence electrons. The summed E-state index contributed by atoms with van der Waals surface area (Å²) >= 11 is 0. The summed E-state index contributed by atoms with van der Waals surface area (Å²) in [5.41, 5.74) is -0.564. The Kier molecular flexibility index (Phi) is 11.1. The Bertz CT molecular complexity index is 1200. The van der Waals surface area contributed by atoms with Crippen molar-refractivity contribution < 1.29 is 27.8 Å². The van der Waals surface area contributed by atoms with Crippen LogP contribution in [0.1, 0.15) is 61.0 Å². The first-order valence-corrected chi connectivity index (χ1v) is 12.0. The largest absolute Gasteiger partial charge is 0.421 e. The first-order valence-electron chi connectivity index (χ1n) is 12.0. The van der Waals surface area contributed by atoms with E-state index in [1.807, 2.05) is 38.1 Å². The summed E-state index contributed by atoms with van der Waals surface area (Å²) in [6, 6.07) is 8.99. The van der Waals surface area contributed by atoms with Gasteiger partial charge in [-0.05, 0) is 82.4 Å². The number of hydrogen-bond acceptors (Lipinski definition) is 4. The molecule has 11 heteroatoms. The highest BCUT2D eigenvalue weighted by molar-refractivity contribution is 5.29. The summed E-state index contributed by atoms with van der Waals surface area (Å²) in [4.78, 5) is 22.4. The van der Waals surface area contributed by atoms with Gasteiger partial charge >= 0.3 is 12.4 Å². The van der Waals surface area contributed by atoms with Crippen LogP contribution in [0, 0.1) is 13.8 Å². The Morgan fingerprint density at radius 2 is 1.71 bits per heavy atom. The Balaban J connectivity index is 0.000000324. The van der Waals surface area contributed by atoms with E-state index in [0.29, 0.717) is 11.6 Å². The molecule has 0 amide bonds. The third-order valence-corrected chi connectivity index (χ3v) is 6.14. The number of aryl methyl sites for hydroxylation is 2. The van der Waals surface area contributed by atoms with Crippen molar-refractivity contribution in [2.24, 2.45) is 0 Å². The van der Waals surface area contributed by atoms with Crippen molar-refractivity contribution in [3.05, 3.63) is 93.4 Å². The van der Waals surface area contributed by atoms with Crippen LogP contribution in [-0.4, -0.2) is 40.0 Å². The number of benzene rings is 1. The Labute approximate surface area is 219 Å². The van der Waals surface area contributed by atoms with E-state index in [0.717, 1.165) is 49.1 Å². The molecule has 2 aromatic heterocycles. The third-order valence-electron chi connectivity index (χ3n) is 6.14. The van der Waals surface area contributed by atoms with Gasteiger partial charge < -0.3 is 9.88 Å². The van der Waals surface area contributed by atoms with Gasteiger partial charge in [0.1, 0.15) is 11.9 Å². The lowest BCUT2D eigenvalue weighted by Crippen LogP contribution is -2.32. The van der Waals surface area contributed by atoms with Crippen molar-refractivity contribution in [3.8, 4) is 0 Å². The number of H-pyrrole nitrogens is 1. The fourth-order valence-corrected chi connectivity index (χ4v) is 4.06. The van der Waals surface area contributed by atoms with E-state index >= 15 is 0 Å². The van der Waals surface area contributed by atoms with E-state index in [1.54, 1.807) is 6.20 Å². The number of nitrogens with one attached hydrogen (secondary N) is 1. The number of rotatable bonds is 2. The monoisotopic (exact) mass is 544 g/mol. The quantitative estimate of drug-likeness (QED) is 0.352. The maximum atomic E-state index is 12.7. The number of aromatic amines is 1. The number of nitrogens with zero attached hydrogens (tertiary/aromatic N) is 3. The second kappa shape index (κ2) is 13.5. The van der Waals surface area contributed by atoms with E-state index in [9.17, 15) is 31.1 Å². The normalized spacial score (nSPS) is 17.7. The van der Waals surface area contributed by atoms with Crippen LogP contribution in [0.5, 0.6) is 0 Å². The minimum Gasteiger partial charge on any atom is -0.328 e. The van der Waals surface area contributed by atoms with Crippen molar-refractivity contribution in [2.75, 3.05) is 14.1 Å². The summed E-state index contributed by atoms with van der Waals surface area (Å²) in [5, 5.41) is 0. The Morgan fingerprint density at radius 3 is 2.21 bits per heavy atom. The topological polar surface area (TPSA) is 61.9 Å². The number of pyridine rings is 1. The van der Waals surface area contributed by atoms with Crippen molar-refractivity contribution in [1.82, 2.24) is 19.9 Å². The molecule has 1 N–H and O–H groups in total. The van der Waals surface area contributed by atoms with Crippen LogP contribution in [0.2, 0.25) is 0 Å². The fourth-order valence-electron chi connectivity index (χ4n) is 4.06. The van der Waals surface area contributed by atoms with E-state index < -0.39 is 29.0 Å². The summed E-state index contributed by atoms with van der Waals surface area (Å²) in [6.45, 7) is 3.41. The minimum atomic E-state index is -4.57. The maximum absolute atomic E-state index is 12.7. The van der Waals surface area contributed by atoms with Crippen LogP contribution >= 0.6 is 0 Å². The molecule has 5 nitrogen and oxygen atoms in total. The molecule has 0 unspecified atom stereocenters. The zero-order valence-corrected chi connectivity index (χ0v) is 21.7. The number of aromatic nitrogens is 3. The highest BCUT2D eigenvalue weighted by atomic mass is 19.4. The summed E-state index contributed by atoms with van der Waals surface area (Å²) < 4.78 is 74.2. The molecule has 1 saturated carbocycles. The number of halogens is 6. The van der Waals surface area contributed by atoms with Crippen molar-refractivity contribution in [3.63, 3.8) is 0 Å². The summed E-state index contributed by atoms with van der Waals surface area (Å²) in [6.07, 6.45) is -0.146. The van der Waals surface area contributed by atoms with Crippen molar-refractivity contribution in [1.29, 1.82) is 0 Å². The van der Waals surface area contributed by atoms with Gasteiger partial charge in [-0.25, -0.2) is 9.97 Å². The smallest absolute Gasteiger partial charge is 0.328 e. The van der Waals surface area contributed by atoms with Gasteiger partial charge in [0.15, 0.2) is 0 Å². The molecule has 2 atom stereocenters. The maximum Gasteiger partial charge on any atom is 0.421 e. The molecule has 1 aliphatic carbocycles. The zero-order valence-electron chi connectivity index (χ0n) is 21.7. The highest BCUT2D eigenvalue weighted by Crippen LogP contribution is 2.37. The molecule has 1 aliphatic rings. The molecule has 1 fully saturated rings. The van der Waals surface area contributed by atoms with Gasteiger partial charge in [0, 0.05) is 25.6 Å². The first kappa shape index (κ1) is 31.0. The van der Waals surface area contributed by atoms with Gasteiger partial charge in [-0.3, -0.25) is 4.79 Å². The molecule has 0 radical (unpaired) electrons. The molecule has 0 saturated heterocycles. The van der Waals surface area contributed by atoms with Gasteiger partial charge in [-0.15, -0.1) is 0 Å². The first-order chi connectivity index (χ1) is 17.7. The summed E-state index contributed by atoms with van der Waals surface area (Å²) in [7, 11) is 4.08. The second-order valence-corrected chi connectivity index (χ2v) is 9.37. The zero-order chi connectivity index (χ0) is 28.5. The molecule has 0 spiro atoms. The van der Waals surface area contributed by atoms with Crippen LogP contribution in [0.3, 0.4) is 0 Å². The minimum absolute atomic E-state index is 0. The molecule has 0 bridgehead atoms. The summed E-state index contributed by atoms with van der Waals surface area (Å²) in [5.74, 6) is 0.253. The molecular weight excluding hydrogens is 510 g/mol. The van der Waals surface area contributed by atoms with Gasteiger partial charge in [0.2, 0.25) is 0 Å². The van der Waals surface area contributed by atoms with Crippen LogP contribution in [-0.2, 0) is 12.4 Å². The van der Waals surface area contributed by atoms with Gasteiger partial charge in [-0.2, -0.15) is 26.3 Å². The molecule has 1 aromatic carbocycles. The predicted molar refractivity (Wildman–Crippen MR) is 136 cm³/mol. The fraction of sp³-hybridized carbons (Fsp3) is 0.444. The van der Waals surface area contributed by atoms with E-state index in [-0.39, 0.29) is 7.34 Å². The molecule has 38 heavy (non-hydrogen) atoms. The Hall–Kier alpha value is -3.21. The lowest BCUT2D eigenvalue weighted by Gasteiger charge is -2.33. The standard InChI is InChI=1S/C15H20F3N.C7H6F3NO.C5H6N2.H2/c1-19(2)14-8-4-6-12(10-14)11-5-3-7-13(9-11)15(16,17)18;1-4-2-5(7(8,9)10)6(12)11-3-4;1-5-2-3-6-4-7-5;/h3,5,7,9,12,14H,4,6,8,10H2,1-2H3;2-3H,1H3,(H,11,12);2-4H,1H3;1H/t12-,14+;;;/m0.../s1. The molecule has 0 aliphatic heterocycles. The van der Waals surface area contributed by atoms with Crippen LogP contribution in [0.4, 0.5) is 26.3 Å². The Morgan fingerprint density at radius 1 is 1.00 bits per heavy atom. The van der Waals surface area contributed by atoms with Gasteiger partial charge in [0.25, 0.3) is 5.56 Å². The molecular formula is C27H34F6N4O. The van der Waals surface area contributed by atoms with Gasteiger partial charge in [-0.1, -0.05) is 24.6 Å². The van der Waals surface area contributed by atoms with E-state index in [1.165, 1.54) is 31.6 Å². The molecule has 2 heterocycles. The van der Waals surface area contributed by atoms with Crippen molar-refractivity contribution in [2.45, 2.75) is 63.8 Å². The lowest BCUT2D eigenvalue weighted by atomic mass is 9.80. The van der Waals surface area contributed by atoms with E-state index in [2.05, 4.69) is 14.9 Å². The molecule has 3 aromatic rings. The second-order valence-electron chi connectivity index (χ2n) is 9.37. The SMILES string of the molecule is CN(C)[C@@H]1CCC[C@H](c2cccc(C(F)(F)F)c2)C1.Cc1c[nH]c(=O)c(C(F)(F)F)c1.Cc1ccncn1.[HH]. The van der Waals surface area contributed by atoms with Crippen LogP contribution < -0.4 is 5.56 Å². The van der Waals surface area contributed by atoms with E-state index in [4.69, 9.17) is 0 Å². The van der Waals surface area contributed by atoms with Gasteiger partial charge in [0.05, 0.1) is 5.56 Å². The lowest BCUT2D eigenvalue weighted by molar-refractivity contribution is -0.139. The average molecular weight is 545 g/mol. The van der Waals surface area contributed by atoms with Crippen LogP contribution in [0.15, 0.2) is 59.9 Å². The number of alkyl halides is 6. The average Bonchev–Trinajstić information content (AvgIpc) is 2.86. The van der Waals surface area contributed by atoms with Crippen LogP contribution in [0.25, 0.3) is 0 Å². The third kappa shape index (κ3) is 9.92.